The standard InChI is InChI=1S/C66H44N2O/c1-4-14-45(15-5-1)52-40-53(46-16-6-2-7-17-46)42-54(41-52)49-28-36-58(37-29-49)67(57-34-26-48(27-35-57)51-31-39-66-62(44-51)60-21-11-13-23-65(60)69-66)56-32-24-47(25-33-56)50-30-38-64-61(43-50)59-20-10-12-22-63(59)68(64)55-18-8-3-9-19-55/h1-44H. The predicted molar refractivity (Wildman–Crippen MR) is 290 cm³/mol. The number of aromatic nitrogens is 1. The Hall–Kier alpha value is -9.18. The first-order valence-electron chi connectivity index (χ1n) is 23.6. The normalized spacial score (nSPS) is 11.5. The number of para-hydroxylation sites is 3. The second-order valence-corrected chi connectivity index (χ2v) is 17.7. The lowest BCUT2D eigenvalue weighted by molar-refractivity contribution is 0.669. The molecule has 0 bridgehead atoms. The Balaban J connectivity index is 0.888. The van der Waals surface area contributed by atoms with Gasteiger partial charge in [0.25, 0.3) is 0 Å². The Kier molecular flexibility index (Phi) is 9.84. The van der Waals surface area contributed by atoms with Crippen LogP contribution in [0.25, 0.3) is 105 Å². The highest BCUT2D eigenvalue weighted by Crippen LogP contribution is 2.41. The molecule has 0 saturated carbocycles. The van der Waals surface area contributed by atoms with E-state index in [1.807, 2.05) is 12.1 Å². The molecule has 0 spiro atoms. The molecule has 0 aliphatic rings. The van der Waals surface area contributed by atoms with Crippen LogP contribution in [0.15, 0.2) is 271 Å². The van der Waals surface area contributed by atoms with Crippen molar-refractivity contribution in [2.75, 3.05) is 4.90 Å². The quantitative estimate of drug-likeness (QED) is 0.144. The van der Waals surface area contributed by atoms with Crippen molar-refractivity contribution in [3.05, 3.63) is 267 Å². The lowest BCUT2D eigenvalue weighted by Crippen LogP contribution is -2.09. The SMILES string of the molecule is c1ccc(-c2cc(-c3ccccc3)cc(-c3ccc(N(c4ccc(-c5ccc6oc7ccccc7c6c5)cc4)c4ccc(-c5ccc6c(c5)c5ccccc5n6-c5ccccc5)cc4)cc3)c2)cc1. The summed E-state index contributed by atoms with van der Waals surface area (Å²) in [4.78, 5) is 2.36. The van der Waals surface area contributed by atoms with Gasteiger partial charge in [0.05, 0.1) is 11.0 Å². The molecule has 13 aromatic rings. The molecule has 0 aliphatic heterocycles. The molecule has 0 atom stereocenters. The average molecular weight is 881 g/mol. The monoisotopic (exact) mass is 880 g/mol. The van der Waals surface area contributed by atoms with Gasteiger partial charge in [-0.3, -0.25) is 0 Å². The molecule has 0 saturated heterocycles. The van der Waals surface area contributed by atoms with Crippen LogP contribution in [0.4, 0.5) is 17.1 Å². The Morgan fingerprint density at radius 1 is 0.246 bits per heavy atom. The highest BCUT2D eigenvalue weighted by atomic mass is 16.3. The number of furan rings is 1. The Labute approximate surface area is 401 Å². The number of benzene rings is 11. The second-order valence-electron chi connectivity index (χ2n) is 17.7. The lowest BCUT2D eigenvalue weighted by Gasteiger charge is -2.26. The van der Waals surface area contributed by atoms with Gasteiger partial charge in [-0.05, 0) is 159 Å². The van der Waals surface area contributed by atoms with E-state index in [1.54, 1.807) is 0 Å². The van der Waals surface area contributed by atoms with Crippen molar-refractivity contribution in [3.63, 3.8) is 0 Å². The first kappa shape index (κ1) is 40.1. The molecule has 0 amide bonds. The van der Waals surface area contributed by atoms with E-state index in [1.165, 1.54) is 55.2 Å². The molecule has 3 nitrogen and oxygen atoms in total. The number of rotatable bonds is 9. The molecule has 0 unspecified atom stereocenters. The predicted octanol–water partition coefficient (Wildman–Crippen LogP) is 18.5. The van der Waals surface area contributed by atoms with Gasteiger partial charge in [-0.15, -0.1) is 0 Å². The van der Waals surface area contributed by atoms with Crippen LogP contribution in [0.2, 0.25) is 0 Å². The van der Waals surface area contributed by atoms with Crippen molar-refractivity contribution in [1.82, 2.24) is 4.57 Å². The van der Waals surface area contributed by atoms with Crippen molar-refractivity contribution < 1.29 is 4.42 Å². The number of hydrogen-bond acceptors (Lipinski definition) is 2. The van der Waals surface area contributed by atoms with E-state index in [0.29, 0.717) is 0 Å². The summed E-state index contributed by atoms with van der Waals surface area (Å²) in [5.74, 6) is 0. The van der Waals surface area contributed by atoms with Crippen LogP contribution < -0.4 is 4.90 Å². The van der Waals surface area contributed by atoms with Crippen LogP contribution in [0.1, 0.15) is 0 Å². The first-order valence-corrected chi connectivity index (χ1v) is 23.6. The summed E-state index contributed by atoms with van der Waals surface area (Å²) in [7, 11) is 0. The highest BCUT2D eigenvalue weighted by molar-refractivity contribution is 6.10. The van der Waals surface area contributed by atoms with Crippen molar-refractivity contribution in [2.24, 2.45) is 0 Å². The fraction of sp³-hybridized carbons (Fsp3) is 0. The zero-order chi connectivity index (χ0) is 45.7. The summed E-state index contributed by atoms with van der Waals surface area (Å²) >= 11 is 0. The van der Waals surface area contributed by atoms with E-state index < -0.39 is 0 Å². The van der Waals surface area contributed by atoms with E-state index >= 15 is 0 Å². The van der Waals surface area contributed by atoms with Crippen molar-refractivity contribution >= 4 is 60.8 Å². The summed E-state index contributed by atoms with van der Waals surface area (Å²) < 4.78 is 8.53. The smallest absolute Gasteiger partial charge is 0.135 e. The van der Waals surface area contributed by atoms with Crippen LogP contribution >= 0.6 is 0 Å². The molecule has 2 aromatic heterocycles. The lowest BCUT2D eigenvalue weighted by atomic mass is 9.93. The largest absolute Gasteiger partial charge is 0.456 e. The van der Waals surface area contributed by atoms with E-state index in [4.69, 9.17) is 4.42 Å². The second kappa shape index (κ2) is 16.9. The molecule has 0 fully saturated rings. The van der Waals surface area contributed by atoms with Gasteiger partial charge >= 0.3 is 0 Å². The summed E-state index contributed by atoms with van der Waals surface area (Å²) in [6, 6.07) is 96.2. The van der Waals surface area contributed by atoms with Crippen molar-refractivity contribution in [2.45, 2.75) is 0 Å². The minimum atomic E-state index is 0.900. The maximum atomic E-state index is 6.16. The Bertz CT molecular complexity index is 3910. The number of hydrogen-bond donors (Lipinski definition) is 0. The van der Waals surface area contributed by atoms with Crippen LogP contribution in [-0.4, -0.2) is 4.57 Å². The average Bonchev–Trinajstić information content (AvgIpc) is 3.97. The molecular weight excluding hydrogens is 837 g/mol. The summed E-state index contributed by atoms with van der Waals surface area (Å²) in [6.45, 7) is 0. The number of anilines is 3. The minimum Gasteiger partial charge on any atom is -0.456 e. The molecule has 3 heteroatoms. The van der Waals surface area contributed by atoms with Gasteiger partial charge in [0.1, 0.15) is 11.2 Å². The molecule has 13 rings (SSSR count). The third-order valence-electron chi connectivity index (χ3n) is 13.6. The topological polar surface area (TPSA) is 21.3 Å². The van der Waals surface area contributed by atoms with E-state index in [-0.39, 0.29) is 0 Å². The molecule has 0 N–H and O–H groups in total. The maximum absolute atomic E-state index is 6.16. The summed E-state index contributed by atoms with van der Waals surface area (Å²) in [5, 5.41) is 4.74. The van der Waals surface area contributed by atoms with Gasteiger partial charge in [0.15, 0.2) is 0 Å². The van der Waals surface area contributed by atoms with Crippen LogP contribution in [0.5, 0.6) is 0 Å². The molecule has 11 aromatic carbocycles. The van der Waals surface area contributed by atoms with E-state index in [0.717, 1.165) is 66.9 Å². The summed E-state index contributed by atoms with van der Waals surface area (Å²) in [5.41, 5.74) is 20.3. The van der Waals surface area contributed by atoms with Crippen LogP contribution in [-0.2, 0) is 0 Å². The zero-order valence-electron chi connectivity index (χ0n) is 37.7. The van der Waals surface area contributed by atoms with Crippen LogP contribution in [0, 0.1) is 0 Å². The molecule has 69 heavy (non-hydrogen) atoms. The van der Waals surface area contributed by atoms with Crippen molar-refractivity contribution in [1.29, 1.82) is 0 Å². The fourth-order valence-corrected chi connectivity index (χ4v) is 10.2. The van der Waals surface area contributed by atoms with E-state index in [2.05, 4.69) is 264 Å². The third-order valence-corrected chi connectivity index (χ3v) is 13.6. The molecule has 0 aliphatic carbocycles. The van der Waals surface area contributed by atoms with Gasteiger partial charge < -0.3 is 13.9 Å². The van der Waals surface area contributed by atoms with Gasteiger partial charge in [-0.1, -0.05) is 164 Å². The third kappa shape index (κ3) is 7.34. The highest BCUT2D eigenvalue weighted by Gasteiger charge is 2.17. The molecule has 324 valence electrons. The Morgan fingerprint density at radius 2 is 0.638 bits per heavy atom. The van der Waals surface area contributed by atoms with Crippen molar-refractivity contribution in [3.8, 4) is 61.3 Å². The maximum Gasteiger partial charge on any atom is 0.135 e. The van der Waals surface area contributed by atoms with Gasteiger partial charge in [0, 0.05) is 44.3 Å². The zero-order valence-corrected chi connectivity index (χ0v) is 37.7. The molecule has 0 radical (unpaired) electrons. The fourth-order valence-electron chi connectivity index (χ4n) is 10.2. The first-order chi connectivity index (χ1) is 34.2. The number of fused-ring (bicyclic) bond motifs is 6. The molecular formula is C66H44N2O. The minimum absolute atomic E-state index is 0.900. The van der Waals surface area contributed by atoms with E-state index in [9.17, 15) is 0 Å². The van der Waals surface area contributed by atoms with Gasteiger partial charge in [-0.25, -0.2) is 0 Å². The van der Waals surface area contributed by atoms with Gasteiger partial charge in [-0.2, -0.15) is 0 Å². The Morgan fingerprint density at radius 3 is 1.20 bits per heavy atom. The molecule has 2 heterocycles. The van der Waals surface area contributed by atoms with Crippen LogP contribution in [0.3, 0.4) is 0 Å². The van der Waals surface area contributed by atoms with Gasteiger partial charge in [0.2, 0.25) is 0 Å². The summed E-state index contributed by atoms with van der Waals surface area (Å²) in [6.07, 6.45) is 0. The number of nitrogens with zero attached hydrogens (tertiary/aromatic N) is 2.